The van der Waals surface area contributed by atoms with Gasteiger partial charge in [-0.3, -0.25) is 0 Å². The van der Waals surface area contributed by atoms with Crippen LogP contribution < -0.4 is 4.74 Å². The number of hydrogen-bond donors (Lipinski definition) is 2. The second kappa shape index (κ2) is 19.8. The van der Waals surface area contributed by atoms with Crippen molar-refractivity contribution in [2.24, 2.45) is 11.8 Å². The van der Waals surface area contributed by atoms with Gasteiger partial charge in [0.15, 0.2) is 0 Å². The Morgan fingerprint density at radius 3 is 1.90 bits per heavy atom. The monoisotopic (exact) mass is 914 g/mol. The summed E-state index contributed by atoms with van der Waals surface area (Å²) in [5, 5.41) is 29.1. The smallest absolute Gasteiger partial charge is 0.126 e. The third-order valence-electron chi connectivity index (χ3n) is 12.2. The lowest BCUT2D eigenvalue weighted by Crippen LogP contribution is -2.34. The van der Waals surface area contributed by atoms with Crippen molar-refractivity contribution < 1.29 is 33.9 Å². The summed E-state index contributed by atoms with van der Waals surface area (Å²) in [5.41, 5.74) is 7.85. The number of aliphatic hydroxyl groups excluding tert-OH is 1. The Morgan fingerprint density at radius 2 is 1.19 bits per heavy atom. The van der Waals surface area contributed by atoms with Gasteiger partial charge in [0.05, 0.1) is 58.5 Å². The van der Waals surface area contributed by atoms with Gasteiger partial charge in [-0.25, -0.2) is 0 Å². The number of thiophene rings is 4. The van der Waals surface area contributed by atoms with Crippen LogP contribution in [0.25, 0.3) is 35.5 Å². The van der Waals surface area contributed by atoms with Crippen molar-refractivity contribution in [3.63, 3.8) is 0 Å². The van der Waals surface area contributed by atoms with Gasteiger partial charge in [0.25, 0.3) is 0 Å². The number of benzene rings is 2. The number of para-hydroxylation sites is 1. The first kappa shape index (κ1) is 42.5. The zero-order chi connectivity index (χ0) is 42.5. The number of aliphatic hydroxyl groups is 1. The molecular weight excluding hydrogens is 865 g/mol. The van der Waals surface area contributed by atoms with Gasteiger partial charge < -0.3 is 33.9 Å². The fourth-order valence-corrected chi connectivity index (χ4v) is 12.8. The molecule has 4 aromatic heterocycles. The van der Waals surface area contributed by atoms with Crippen LogP contribution in [0.3, 0.4) is 0 Å². The van der Waals surface area contributed by atoms with Crippen molar-refractivity contribution in [2.75, 3.05) is 52.9 Å². The molecule has 2 N–H and O–H groups in total. The molecule has 3 aliphatic carbocycles. The number of ether oxygens (including phenoxy) is 5. The van der Waals surface area contributed by atoms with E-state index < -0.39 is 6.10 Å². The normalized spacial score (nSPS) is 22.4. The van der Waals surface area contributed by atoms with Crippen LogP contribution in [0.15, 0.2) is 131 Å². The summed E-state index contributed by atoms with van der Waals surface area (Å²) in [4.78, 5) is 7.28. The summed E-state index contributed by atoms with van der Waals surface area (Å²) in [6, 6.07) is 28.0. The number of allylic oxidation sites excluding steroid dienone is 4. The van der Waals surface area contributed by atoms with E-state index in [2.05, 4.69) is 120 Å². The van der Waals surface area contributed by atoms with E-state index in [0.717, 1.165) is 55.2 Å². The summed E-state index contributed by atoms with van der Waals surface area (Å²) in [6.45, 7) is 3.37. The molecule has 4 aliphatic rings. The highest BCUT2D eigenvalue weighted by Crippen LogP contribution is 2.45. The van der Waals surface area contributed by atoms with Crippen molar-refractivity contribution in [1.29, 1.82) is 0 Å². The highest BCUT2D eigenvalue weighted by atomic mass is 32.1. The Kier molecular flexibility index (Phi) is 13.4. The predicted octanol–water partition coefficient (Wildman–Crippen LogP) is 11.7. The van der Waals surface area contributed by atoms with Gasteiger partial charge in [0.2, 0.25) is 0 Å². The van der Waals surface area contributed by atoms with Crippen LogP contribution in [0.5, 0.6) is 11.5 Å². The maximum atomic E-state index is 12.5. The first-order valence-electron chi connectivity index (χ1n) is 21.7. The Balaban J connectivity index is 1.11. The molecule has 0 spiro atoms. The zero-order valence-electron chi connectivity index (χ0n) is 34.9. The van der Waals surface area contributed by atoms with E-state index in [1.807, 2.05) is 0 Å². The van der Waals surface area contributed by atoms with Crippen molar-refractivity contribution in [3.05, 3.63) is 158 Å². The van der Waals surface area contributed by atoms with E-state index in [9.17, 15) is 10.2 Å². The van der Waals surface area contributed by atoms with Gasteiger partial charge in [-0.1, -0.05) is 60.7 Å². The van der Waals surface area contributed by atoms with Crippen molar-refractivity contribution in [2.45, 2.75) is 37.9 Å². The maximum Gasteiger partial charge on any atom is 0.126 e. The molecule has 1 aliphatic heterocycles. The van der Waals surface area contributed by atoms with Gasteiger partial charge in [-0.15, -0.1) is 45.3 Å². The summed E-state index contributed by atoms with van der Waals surface area (Å²) in [7, 11) is 0. The number of hydrogen-bond acceptors (Lipinski definition) is 11. The maximum absolute atomic E-state index is 12.5. The lowest BCUT2D eigenvalue weighted by molar-refractivity contribution is -0.0236. The van der Waals surface area contributed by atoms with Crippen molar-refractivity contribution in [3.8, 4) is 41.4 Å². The molecule has 2 aromatic carbocycles. The van der Waals surface area contributed by atoms with E-state index >= 15 is 0 Å². The summed E-state index contributed by atoms with van der Waals surface area (Å²) < 4.78 is 31.3. The van der Waals surface area contributed by atoms with E-state index in [1.54, 1.807) is 45.3 Å². The Hall–Kier alpha value is -4.40. The molecule has 3 unspecified atom stereocenters. The molecule has 0 saturated carbocycles. The second-order valence-corrected chi connectivity index (χ2v) is 20.4. The molecular formula is C52H50O7S4. The molecule has 11 heteroatoms. The van der Waals surface area contributed by atoms with E-state index in [0.29, 0.717) is 78.5 Å². The van der Waals surface area contributed by atoms with E-state index in [-0.39, 0.29) is 23.7 Å². The molecule has 5 heterocycles. The number of rotatable bonds is 4. The lowest BCUT2D eigenvalue weighted by Gasteiger charge is -2.35. The average molecular weight is 915 g/mol. The van der Waals surface area contributed by atoms with Gasteiger partial charge in [0, 0.05) is 47.5 Å². The highest BCUT2D eigenvalue weighted by molar-refractivity contribution is 7.23. The molecule has 0 fully saturated rings. The minimum atomic E-state index is -0.716. The van der Waals surface area contributed by atoms with Crippen LogP contribution >= 0.6 is 45.3 Å². The van der Waals surface area contributed by atoms with Crippen LogP contribution in [0.2, 0.25) is 0 Å². The molecule has 0 saturated heterocycles. The first-order chi connectivity index (χ1) is 31.0. The van der Waals surface area contributed by atoms with E-state index in [1.165, 1.54) is 24.4 Å². The summed E-state index contributed by atoms with van der Waals surface area (Å²) in [6.07, 6.45) is 12.1. The molecule has 0 amide bonds. The predicted molar refractivity (Wildman–Crippen MR) is 258 cm³/mol. The minimum absolute atomic E-state index is 0.0433. The largest absolute Gasteiger partial charge is 0.507 e. The van der Waals surface area contributed by atoms with Gasteiger partial charge >= 0.3 is 0 Å². The number of phenols is 1. The van der Waals surface area contributed by atoms with Crippen molar-refractivity contribution >= 4 is 50.9 Å². The molecule has 0 radical (unpaired) electrons. The Labute approximate surface area is 384 Å². The number of aromatic hydroxyl groups is 1. The Morgan fingerprint density at radius 1 is 0.571 bits per heavy atom. The van der Waals surface area contributed by atoms with Crippen LogP contribution in [0.4, 0.5) is 0 Å². The van der Waals surface area contributed by atoms with E-state index in [4.69, 9.17) is 23.7 Å². The highest BCUT2D eigenvalue weighted by Gasteiger charge is 2.35. The second-order valence-electron chi connectivity index (χ2n) is 16.3. The summed E-state index contributed by atoms with van der Waals surface area (Å²) >= 11 is 7.06. The molecule has 6 aromatic rings. The molecule has 4 atom stereocenters. The topological polar surface area (TPSA) is 86.6 Å². The third-order valence-corrected chi connectivity index (χ3v) is 16.6. The molecule has 324 valence electrons. The van der Waals surface area contributed by atoms with Gasteiger partial charge in [0.1, 0.15) is 18.1 Å². The van der Waals surface area contributed by atoms with Crippen molar-refractivity contribution in [1.82, 2.24) is 0 Å². The van der Waals surface area contributed by atoms with Gasteiger partial charge in [-0.05, 0) is 123 Å². The number of phenolic OH excluding ortho intramolecular Hbond substituents is 1. The molecule has 7 nitrogen and oxygen atoms in total. The average Bonchev–Trinajstić information content (AvgIpc) is 4.14. The molecule has 63 heavy (non-hydrogen) atoms. The van der Waals surface area contributed by atoms with Gasteiger partial charge in [-0.2, -0.15) is 0 Å². The quantitative estimate of drug-likeness (QED) is 0.182. The zero-order valence-corrected chi connectivity index (χ0v) is 38.2. The number of fused-ring (bicyclic) bond motifs is 2. The van der Waals surface area contributed by atoms with Crippen LogP contribution in [-0.4, -0.2) is 75.3 Å². The minimum Gasteiger partial charge on any atom is -0.507 e. The fourth-order valence-electron chi connectivity index (χ4n) is 9.12. The molecule has 10 rings (SSSR count). The standard InChI is InChI=1S/C52H50O7S4/c53-49-39-25-33-5-1-6-34-26-40-30-38(44-12-14-48(63-44)46-10-4-24-61-46)32-42(50(40)54)28-36-8-2-7-35(52(36)59-22-20-57-18-16-55-15-17-56-19-21-58-51(33)34)27-41(49)31-37(29-39)43-11-13-47(62-43)45-9-3-23-60-45/h1-14,23-24,29-33,39,49,51,53-54H,15-22,25-28H2/t33?,39-,49?,51?/m1/s1. The Bertz CT molecular complexity index is 2630. The third kappa shape index (κ3) is 9.68. The van der Waals surface area contributed by atoms with Crippen LogP contribution in [0.1, 0.15) is 33.6 Å². The lowest BCUT2D eigenvalue weighted by atomic mass is 9.75. The molecule has 10 bridgehead atoms. The SMILES string of the molecule is Oc1c2cc(-c3ccc(-c4cccs4)s3)cc1Cc1cccc3c1OCCOCCOCCOCCOC1C(=CC=CC1C[C@@H]1C=C(c4ccc(-c5cccs5)s4)C=C(C3)C1O)C2. The van der Waals surface area contributed by atoms with Crippen LogP contribution in [0, 0.1) is 11.8 Å². The summed E-state index contributed by atoms with van der Waals surface area (Å²) in [5.74, 6) is 0.821. The van der Waals surface area contributed by atoms with Crippen LogP contribution in [-0.2, 0) is 38.2 Å². The fraction of sp³-hybridized carbons (Fsp3) is 0.308. The first-order valence-corrected chi connectivity index (χ1v) is 25.1.